The topological polar surface area (TPSA) is 22.1 Å². The van der Waals surface area contributed by atoms with Crippen molar-refractivity contribution in [2.75, 3.05) is 7.11 Å². The summed E-state index contributed by atoms with van der Waals surface area (Å²) in [5.41, 5.74) is 1.31. The molecule has 1 aromatic heterocycles. The summed E-state index contributed by atoms with van der Waals surface area (Å²) in [6.45, 7) is 0. The molecule has 0 amide bonds. The lowest BCUT2D eigenvalue weighted by Crippen LogP contribution is -2.35. The van der Waals surface area contributed by atoms with Crippen molar-refractivity contribution in [3.63, 3.8) is 0 Å². The minimum atomic E-state index is -0.00218. The summed E-state index contributed by atoms with van der Waals surface area (Å²) in [5.74, 6) is 0.772. The molecule has 2 fully saturated rings. The lowest BCUT2D eigenvalue weighted by atomic mass is 9.80. The molecule has 0 bridgehead atoms. The van der Waals surface area contributed by atoms with Crippen LogP contribution in [-0.4, -0.2) is 12.1 Å². The lowest BCUT2D eigenvalue weighted by Gasteiger charge is -2.38. The highest BCUT2D eigenvalue weighted by Crippen LogP contribution is 2.47. The number of ether oxygens (including phenoxy) is 1. The number of aromatic nitrogens is 1. The van der Waals surface area contributed by atoms with E-state index < -0.39 is 0 Å². The molecule has 0 radical (unpaired) electrons. The van der Waals surface area contributed by atoms with E-state index in [1.165, 1.54) is 30.0 Å². The van der Waals surface area contributed by atoms with E-state index in [1.807, 2.05) is 7.11 Å². The largest absolute Gasteiger partial charge is 0.371 e. The number of methoxy groups -OCH3 is 1. The highest BCUT2D eigenvalue weighted by atomic mass is 32.1. The van der Waals surface area contributed by atoms with Crippen molar-refractivity contribution in [1.29, 1.82) is 0 Å². The smallest absolute Gasteiger partial charge is 0.125 e. The average Bonchev–Trinajstić information content (AvgIpc) is 2.86. The Morgan fingerprint density at radius 3 is 2.79 bits per heavy atom. The maximum Gasteiger partial charge on any atom is 0.125 e. The zero-order chi connectivity index (χ0) is 9.60. The van der Waals surface area contributed by atoms with Crippen LogP contribution in [0.4, 0.5) is 0 Å². The van der Waals surface area contributed by atoms with Crippen LogP contribution in [0.25, 0.3) is 0 Å². The first-order valence-corrected chi connectivity index (χ1v) is 6.23. The van der Waals surface area contributed by atoms with Crippen LogP contribution in [0.5, 0.6) is 0 Å². The lowest BCUT2D eigenvalue weighted by molar-refractivity contribution is -0.0780. The van der Waals surface area contributed by atoms with E-state index in [1.54, 1.807) is 11.3 Å². The Morgan fingerprint density at radius 2 is 2.29 bits per heavy atom. The fraction of sp³-hybridized carbons (Fsp3) is 0.727. The van der Waals surface area contributed by atoms with Crippen LogP contribution in [0.3, 0.4) is 0 Å². The molecule has 0 spiro atoms. The van der Waals surface area contributed by atoms with Gasteiger partial charge in [0, 0.05) is 18.4 Å². The molecule has 76 valence electrons. The molecule has 14 heavy (non-hydrogen) atoms. The molecule has 2 nitrogen and oxygen atoms in total. The Morgan fingerprint density at radius 1 is 1.50 bits per heavy atom. The third-order valence-electron chi connectivity index (χ3n) is 3.46. The van der Waals surface area contributed by atoms with Crippen molar-refractivity contribution in [2.24, 2.45) is 0 Å². The molecule has 0 N–H and O–H groups in total. The van der Waals surface area contributed by atoms with Gasteiger partial charge in [0.2, 0.25) is 0 Å². The molecule has 3 heteroatoms. The summed E-state index contributed by atoms with van der Waals surface area (Å²) in [7, 11) is 1.82. The van der Waals surface area contributed by atoms with Gasteiger partial charge < -0.3 is 4.74 Å². The molecule has 1 aromatic rings. The zero-order valence-electron chi connectivity index (χ0n) is 8.45. The van der Waals surface area contributed by atoms with Crippen molar-refractivity contribution in [1.82, 2.24) is 4.98 Å². The fourth-order valence-electron chi connectivity index (χ4n) is 2.07. The number of hydrogen-bond donors (Lipinski definition) is 0. The first-order chi connectivity index (χ1) is 6.84. The van der Waals surface area contributed by atoms with Gasteiger partial charge in [-0.1, -0.05) is 0 Å². The molecule has 2 aliphatic rings. The van der Waals surface area contributed by atoms with Crippen LogP contribution in [0.15, 0.2) is 5.38 Å². The molecule has 0 saturated heterocycles. The van der Waals surface area contributed by atoms with E-state index in [2.05, 4.69) is 5.38 Å². The summed E-state index contributed by atoms with van der Waals surface area (Å²) >= 11 is 1.79. The van der Waals surface area contributed by atoms with Crippen LogP contribution in [0.1, 0.15) is 48.7 Å². The van der Waals surface area contributed by atoms with Gasteiger partial charge in [0.1, 0.15) is 10.6 Å². The van der Waals surface area contributed by atoms with Crippen molar-refractivity contribution in [3.05, 3.63) is 16.1 Å². The Labute approximate surface area is 88.3 Å². The molecule has 3 rings (SSSR count). The fourth-order valence-corrected chi connectivity index (χ4v) is 3.20. The van der Waals surface area contributed by atoms with Crippen LogP contribution in [0.2, 0.25) is 0 Å². The molecule has 0 atom stereocenters. The van der Waals surface area contributed by atoms with Gasteiger partial charge in [0.05, 0.1) is 5.69 Å². The third-order valence-corrected chi connectivity index (χ3v) is 4.51. The van der Waals surface area contributed by atoms with Crippen LogP contribution < -0.4 is 0 Å². The quantitative estimate of drug-likeness (QED) is 0.763. The molecule has 2 saturated carbocycles. The first-order valence-electron chi connectivity index (χ1n) is 5.35. The molecule has 0 unspecified atom stereocenters. The second kappa shape index (κ2) is 3.04. The summed E-state index contributed by atoms with van der Waals surface area (Å²) < 4.78 is 5.62. The van der Waals surface area contributed by atoms with Gasteiger partial charge in [-0.2, -0.15) is 0 Å². The first kappa shape index (κ1) is 8.86. The van der Waals surface area contributed by atoms with Gasteiger partial charge in [-0.05, 0) is 32.1 Å². The van der Waals surface area contributed by atoms with Gasteiger partial charge >= 0.3 is 0 Å². The standard InChI is InChI=1S/C11H15NOS/c1-13-11(5-2-6-11)10-12-9(7-14-10)8-3-4-8/h7-8H,2-6H2,1H3. The van der Waals surface area contributed by atoms with E-state index in [0.717, 1.165) is 18.8 Å². The number of thiazole rings is 1. The van der Waals surface area contributed by atoms with Crippen LogP contribution >= 0.6 is 11.3 Å². The van der Waals surface area contributed by atoms with Crippen molar-refractivity contribution in [3.8, 4) is 0 Å². The van der Waals surface area contributed by atoms with Crippen LogP contribution in [0, 0.1) is 0 Å². The Balaban J connectivity index is 1.87. The van der Waals surface area contributed by atoms with Crippen molar-refractivity contribution >= 4 is 11.3 Å². The molecule has 0 aliphatic heterocycles. The maximum absolute atomic E-state index is 5.62. The minimum absolute atomic E-state index is 0.00218. The van der Waals surface area contributed by atoms with Gasteiger partial charge in [0.25, 0.3) is 0 Å². The summed E-state index contributed by atoms with van der Waals surface area (Å²) in [5, 5.41) is 3.44. The molecule has 0 aromatic carbocycles. The van der Waals surface area contributed by atoms with Gasteiger partial charge in [-0.25, -0.2) is 4.98 Å². The second-order valence-corrected chi connectivity index (χ2v) is 5.26. The summed E-state index contributed by atoms with van der Waals surface area (Å²) in [4.78, 5) is 4.73. The third kappa shape index (κ3) is 1.22. The maximum atomic E-state index is 5.62. The summed E-state index contributed by atoms with van der Waals surface area (Å²) in [6, 6.07) is 0. The van der Waals surface area contributed by atoms with E-state index in [4.69, 9.17) is 9.72 Å². The number of rotatable bonds is 3. The highest BCUT2D eigenvalue weighted by Gasteiger charge is 2.42. The normalized spacial score (nSPS) is 24.6. The molecule has 2 aliphatic carbocycles. The van der Waals surface area contributed by atoms with Crippen molar-refractivity contribution < 1.29 is 4.74 Å². The zero-order valence-corrected chi connectivity index (χ0v) is 9.27. The van der Waals surface area contributed by atoms with E-state index in [9.17, 15) is 0 Å². The predicted molar refractivity (Wildman–Crippen MR) is 56.6 cm³/mol. The van der Waals surface area contributed by atoms with Gasteiger partial charge in [-0.15, -0.1) is 11.3 Å². The number of nitrogens with zero attached hydrogens (tertiary/aromatic N) is 1. The Hall–Kier alpha value is -0.410. The molecule has 1 heterocycles. The van der Waals surface area contributed by atoms with E-state index in [0.29, 0.717) is 0 Å². The highest BCUT2D eigenvalue weighted by molar-refractivity contribution is 7.09. The van der Waals surface area contributed by atoms with Crippen LogP contribution in [-0.2, 0) is 10.3 Å². The SMILES string of the molecule is COC1(c2nc(C3CC3)cs2)CCC1. The monoisotopic (exact) mass is 209 g/mol. The van der Waals surface area contributed by atoms with E-state index >= 15 is 0 Å². The van der Waals surface area contributed by atoms with Gasteiger partial charge in [0.15, 0.2) is 0 Å². The minimum Gasteiger partial charge on any atom is -0.371 e. The second-order valence-electron chi connectivity index (χ2n) is 4.40. The summed E-state index contributed by atoms with van der Waals surface area (Å²) in [6.07, 6.45) is 6.26. The number of hydrogen-bond acceptors (Lipinski definition) is 3. The van der Waals surface area contributed by atoms with E-state index in [-0.39, 0.29) is 5.60 Å². The average molecular weight is 209 g/mol. The van der Waals surface area contributed by atoms with Gasteiger partial charge in [-0.3, -0.25) is 0 Å². The Kier molecular flexibility index (Phi) is 1.92. The van der Waals surface area contributed by atoms with Crippen molar-refractivity contribution in [2.45, 2.75) is 43.6 Å². The molecular weight excluding hydrogens is 194 g/mol. The molecular formula is C11H15NOS. The Bertz CT molecular complexity index is 333. The predicted octanol–water partition coefficient (Wildman–Crippen LogP) is 3.05.